The SMILES string of the molecule is N#Cc1ccsc1N=P(c1ccccc1)(c1ccccc1)c1ccccc1. The van der Waals surface area contributed by atoms with Gasteiger partial charge < -0.3 is 0 Å². The fourth-order valence-corrected chi connectivity index (χ4v) is 7.71. The van der Waals surface area contributed by atoms with Gasteiger partial charge in [-0.05, 0) is 11.4 Å². The van der Waals surface area contributed by atoms with Crippen LogP contribution in [0.3, 0.4) is 0 Å². The Morgan fingerprint density at radius 2 is 1.11 bits per heavy atom. The van der Waals surface area contributed by atoms with Crippen molar-refractivity contribution in [2.24, 2.45) is 4.74 Å². The molecule has 0 aliphatic carbocycles. The first-order valence-corrected chi connectivity index (χ1v) is 11.2. The van der Waals surface area contributed by atoms with E-state index >= 15 is 0 Å². The lowest BCUT2D eigenvalue weighted by molar-refractivity contribution is 1.49. The van der Waals surface area contributed by atoms with Crippen LogP contribution < -0.4 is 15.9 Å². The molecule has 0 spiro atoms. The Kier molecular flexibility index (Phi) is 5.03. The summed E-state index contributed by atoms with van der Waals surface area (Å²) in [6.07, 6.45) is 0. The minimum absolute atomic E-state index is 0.632. The van der Waals surface area contributed by atoms with E-state index in [-0.39, 0.29) is 0 Å². The van der Waals surface area contributed by atoms with Gasteiger partial charge in [0, 0.05) is 15.9 Å². The summed E-state index contributed by atoms with van der Waals surface area (Å²) >= 11 is 1.52. The molecule has 2 nitrogen and oxygen atoms in total. The second kappa shape index (κ2) is 7.76. The lowest BCUT2D eigenvalue weighted by Gasteiger charge is -2.26. The summed E-state index contributed by atoms with van der Waals surface area (Å²) in [5.41, 5.74) is 0.632. The van der Waals surface area contributed by atoms with Gasteiger partial charge in [-0.3, -0.25) is 0 Å². The van der Waals surface area contributed by atoms with E-state index in [0.29, 0.717) is 5.56 Å². The lowest BCUT2D eigenvalue weighted by Crippen LogP contribution is -2.25. The minimum atomic E-state index is -2.30. The number of nitriles is 1. The summed E-state index contributed by atoms with van der Waals surface area (Å²) in [5.74, 6) is 0. The molecule has 3 aromatic carbocycles. The van der Waals surface area contributed by atoms with Gasteiger partial charge in [0.15, 0.2) is 0 Å². The van der Waals surface area contributed by atoms with Crippen LogP contribution in [-0.4, -0.2) is 0 Å². The summed E-state index contributed by atoms with van der Waals surface area (Å²) in [6.45, 7) is 0. The zero-order chi connectivity index (χ0) is 18.5. The van der Waals surface area contributed by atoms with Gasteiger partial charge in [-0.15, -0.1) is 11.3 Å². The number of hydrogen-bond acceptors (Lipinski definition) is 3. The molecule has 0 aliphatic rings. The molecule has 0 aliphatic heterocycles. The van der Waals surface area contributed by atoms with E-state index in [0.717, 1.165) is 5.00 Å². The van der Waals surface area contributed by atoms with E-state index in [1.54, 1.807) is 0 Å². The second-order valence-electron chi connectivity index (χ2n) is 5.99. The molecule has 0 N–H and O–H groups in total. The van der Waals surface area contributed by atoms with Crippen LogP contribution in [0.5, 0.6) is 0 Å². The van der Waals surface area contributed by atoms with Gasteiger partial charge in [-0.1, -0.05) is 91.0 Å². The van der Waals surface area contributed by atoms with Crippen molar-refractivity contribution in [3.63, 3.8) is 0 Å². The Morgan fingerprint density at radius 1 is 0.667 bits per heavy atom. The molecule has 27 heavy (non-hydrogen) atoms. The highest BCUT2D eigenvalue weighted by molar-refractivity contribution is 7.87. The third-order valence-corrected chi connectivity index (χ3v) is 8.97. The van der Waals surface area contributed by atoms with Gasteiger partial charge in [0.25, 0.3) is 0 Å². The normalized spacial score (nSPS) is 10.9. The first-order valence-electron chi connectivity index (χ1n) is 8.61. The Labute approximate surface area is 163 Å². The van der Waals surface area contributed by atoms with Crippen molar-refractivity contribution >= 4 is 39.3 Å². The van der Waals surface area contributed by atoms with E-state index in [1.807, 2.05) is 29.6 Å². The van der Waals surface area contributed by atoms with Gasteiger partial charge in [0.2, 0.25) is 0 Å². The molecule has 0 radical (unpaired) electrons. The number of thiophene rings is 1. The number of benzene rings is 3. The largest absolute Gasteiger partial charge is 0.242 e. The van der Waals surface area contributed by atoms with Crippen molar-refractivity contribution in [2.75, 3.05) is 0 Å². The van der Waals surface area contributed by atoms with E-state index in [1.165, 1.54) is 27.3 Å². The van der Waals surface area contributed by atoms with E-state index in [4.69, 9.17) is 4.74 Å². The van der Waals surface area contributed by atoms with Crippen LogP contribution in [0.2, 0.25) is 0 Å². The number of nitrogens with zero attached hydrogens (tertiary/aromatic N) is 2. The highest BCUT2D eigenvalue weighted by atomic mass is 32.1. The Morgan fingerprint density at radius 3 is 1.52 bits per heavy atom. The molecule has 0 saturated heterocycles. The zero-order valence-corrected chi connectivity index (χ0v) is 16.3. The van der Waals surface area contributed by atoms with Crippen LogP contribution in [-0.2, 0) is 0 Å². The van der Waals surface area contributed by atoms with Crippen LogP contribution in [0.1, 0.15) is 5.56 Å². The van der Waals surface area contributed by atoms with Crippen LogP contribution in [0.25, 0.3) is 0 Å². The Balaban J connectivity index is 2.16. The fourth-order valence-electron chi connectivity index (χ4n) is 3.15. The average Bonchev–Trinajstić information content (AvgIpc) is 3.21. The van der Waals surface area contributed by atoms with E-state index < -0.39 is 7.05 Å². The molecule has 0 fully saturated rings. The molecule has 0 saturated carbocycles. The molecule has 4 rings (SSSR count). The van der Waals surface area contributed by atoms with Gasteiger partial charge in [0.05, 0.1) is 12.6 Å². The minimum Gasteiger partial charge on any atom is -0.242 e. The third-order valence-electron chi connectivity index (χ3n) is 4.40. The molecular weight excluding hydrogens is 367 g/mol. The summed E-state index contributed by atoms with van der Waals surface area (Å²) in [6, 6.07) is 35.5. The molecule has 1 heterocycles. The van der Waals surface area contributed by atoms with E-state index in [2.05, 4.69) is 78.9 Å². The summed E-state index contributed by atoms with van der Waals surface area (Å²) in [4.78, 5) is 0. The molecular formula is C23H17N2PS. The second-order valence-corrected chi connectivity index (χ2v) is 9.91. The molecule has 0 atom stereocenters. The maximum absolute atomic E-state index is 9.52. The third kappa shape index (κ3) is 3.26. The Bertz CT molecular complexity index is 1020. The smallest absolute Gasteiger partial charge is 0.133 e. The molecule has 130 valence electrons. The molecule has 1 aromatic heterocycles. The van der Waals surface area contributed by atoms with Gasteiger partial charge in [-0.25, -0.2) is 4.74 Å². The standard InChI is InChI=1S/C23H17N2PS/c24-18-19-16-17-27-23(19)25-26(20-10-4-1-5-11-20,21-12-6-2-7-13-21)22-14-8-3-9-15-22/h1-17H. The zero-order valence-electron chi connectivity index (χ0n) is 14.6. The first-order chi connectivity index (χ1) is 13.3. The number of rotatable bonds is 4. The predicted molar refractivity (Wildman–Crippen MR) is 116 cm³/mol. The fraction of sp³-hybridized carbons (Fsp3) is 0. The van der Waals surface area contributed by atoms with Crippen molar-refractivity contribution in [2.45, 2.75) is 0 Å². The molecule has 0 bridgehead atoms. The molecule has 4 heteroatoms. The number of hydrogen-bond donors (Lipinski definition) is 0. The quantitative estimate of drug-likeness (QED) is 0.432. The first kappa shape index (κ1) is 17.5. The summed E-state index contributed by atoms with van der Waals surface area (Å²) in [7, 11) is -2.30. The van der Waals surface area contributed by atoms with Gasteiger partial charge in [-0.2, -0.15) is 5.26 Å². The summed E-state index contributed by atoms with van der Waals surface area (Å²) < 4.78 is 5.34. The van der Waals surface area contributed by atoms with Crippen molar-refractivity contribution in [1.29, 1.82) is 5.26 Å². The highest BCUT2D eigenvalue weighted by Crippen LogP contribution is 2.50. The van der Waals surface area contributed by atoms with Gasteiger partial charge in [0.1, 0.15) is 11.1 Å². The van der Waals surface area contributed by atoms with Crippen molar-refractivity contribution in [3.8, 4) is 6.07 Å². The van der Waals surface area contributed by atoms with Gasteiger partial charge >= 0.3 is 0 Å². The lowest BCUT2D eigenvalue weighted by atomic mass is 10.4. The maximum Gasteiger partial charge on any atom is 0.133 e. The highest BCUT2D eigenvalue weighted by Gasteiger charge is 2.28. The van der Waals surface area contributed by atoms with Crippen LogP contribution >= 0.6 is 18.4 Å². The van der Waals surface area contributed by atoms with Crippen molar-refractivity contribution in [1.82, 2.24) is 0 Å². The topological polar surface area (TPSA) is 36.1 Å². The maximum atomic E-state index is 9.52. The molecule has 4 aromatic rings. The van der Waals surface area contributed by atoms with Crippen LogP contribution in [0.4, 0.5) is 5.00 Å². The van der Waals surface area contributed by atoms with Crippen molar-refractivity contribution < 1.29 is 0 Å². The predicted octanol–water partition coefficient (Wildman–Crippen LogP) is 5.43. The Hall–Kier alpha value is -2.92. The van der Waals surface area contributed by atoms with Crippen LogP contribution in [0.15, 0.2) is 107 Å². The monoisotopic (exact) mass is 384 g/mol. The van der Waals surface area contributed by atoms with E-state index in [9.17, 15) is 5.26 Å². The summed E-state index contributed by atoms with van der Waals surface area (Å²) in [5, 5.41) is 15.8. The van der Waals surface area contributed by atoms with Crippen LogP contribution in [0, 0.1) is 11.3 Å². The van der Waals surface area contributed by atoms with Crippen molar-refractivity contribution in [3.05, 3.63) is 108 Å². The molecule has 0 amide bonds. The molecule has 0 unspecified atom stereocenters. The average molecular weight is 384 g/mol.